The van der Waals surface area contributed by atoms with Gasteiger partial charge in [0.05, 0.1) is 0 Å². The summed E-state index contributed by atoms with van der Waals surface area (Å²) in [5, 5.41) is 8.98. The van der Waals surface area contributed by atoms with E-state index in [-0.39, 0.29) is 11.2 Å². The quantitative estimate of drug-likeness (QED) is 0.727. The van der Waals surface area contributed by atoms with Crippen LogP contribution in [0.1, 0.15) is 0 Å². The molecule has 0 fully saturated rings. The summed E-state index contributed by atoms with van der Waals surface area (Å²) in [6, 6.07) is 9.62. The van der Waals surface area contributed by atoms with Crippen LogP contribution in [0.4, 0.5) is 11.6 Å². The number of imidazole rings is 1. The molecule has 9 nitrogen and oxygen atoms in total. The number of carboxylic acids is 1. The summed E-state index contributed by atoms with van der Waals surface area (Å²) in [5.41, 5.74) is 0.119. The van der Waals surface area contributed by atoms with Crippen molar-refractivity contribution in [2.75, 3.05) is 11.4 Å². The second-order valence-corrected chi connectivity index (χ2v) is 5.85. The van der Waals surface area contributed by atoms with Crippen LogP contribution < -0.4 is 16.1 Å². The summed E-state index contributed by atoms with van der Waals surface area (Å²) in [6.07, 6.45) is 0. The highest BCUT2D eigenvalue weighted by molar-refractivity contribution is 5.78. The van der Waals surface area contributed by atoms with Crippen LogP contribution in [0.15, 0.2) is 39.9 Å². The zero-order chi connectivity index (χ0) is 17.7. The highest BCUT2D eigenvalue weighted by atomic mass is 16.4. The molecule has 1 aromatic carbocycles. The van der Waals surface area contributed by atoms with Crippen LogP contribution in [0.2, 0.25) is 0 Å². The minimum Gasteiger partial charge on any atom is -0.480 e. The molecular formula is C16H15N5O4. The van der Waals surface area contributed by atoms with E-state index in [1.54, 1.807) is 4.57 Å². The lowest BCUT2D eigenvalue weighted by molar-refractivity contribution is -0.137. The standard InChI is InChI=1S/C16H15N5O4/c1-18-13-12(14(24)21(16(18)25)9-11(22)23)20-8-7-19(15(20)17-13)10-5-3-2-4-6-10/h2-6H,7-9H2,1H3,(H,22,23). The summed E-state index contributed by atoms with van der Waals surface area (Å²) in [5.74, 6) is -0.674. The first-order chi connectivity index (χ1) is 12.0. The average Bonchev–Trinajstić information content (AvgIpc) is 3.16. The fraction of sp³-hybridized carbons (Fsp3) is 0.250. The predicted octanol–water partition coefficient (Wildman–Crippen LogP) is 0.133. The van der Waals surface area contributed by atoms with Crippen molar-refractivity contribution in [3.63, 3.8) is 0 Å². The molecule has 0 atom stereocenters. The maximum Gasteiger partial charge on any atom is 0.333 e. The largest absolute Gasteiger partial charge is 0.480 e. The Hall–Kier alpha value is -3.36. The molecule has 3 heterocycles. The van der Waals surface area contributed by atoms with Gasteiger partial charge in [0.15, 0.2) is 11.2 Å². The number of anilines is 2. The first kappa shape index (κ1) is 15.2. The van der Waals surface area contributed by atoms with Gasteiger partial charge < -0.3 is 14.6 Å². The highest BCUT2D eigenvalue weighted by Gasteiger charge is 2.28. The number of para-hydroxylation sites is 1. The van der Waals surface area contributed by atoms with Crippen molar-refractivity contribution in [2.45, 2.75) is 13.1 Å². The van der Waals surface area contributed by atoms with E-state index in [1.165, 1.54) is 11.6 Å². The molecular weight excluding hydrogens is 326 g/mol. The Morgan fingerprint density at radius 3 is 2.60 bits per heavy atom. The Morgan fingerprint density at radius 2 is 1.92 bits per heavy atom. The number of aromatic nitrogens is 4. The number of aliphatic carboxylic acids is 1. The molecule has 0 amide bonds. The van der Waals surface area contributed by atoms with Gasteiger partial charge in [-0.25, -0.2) is 9.36 Å². The molecule has 4 rings (SSSR count). The van der Waals surface area contributed by atoms with Crippen LogP contribution in [0.5, 0.6) is 0 Å². The molecule has 0 spiro atoms. The smallest absolute Gasteiger partial charge is 0.333 e. The van der Waals surface area contributed by atoms with Crippen LogP contribution >= 0.6 is 0 Å². The van der Waals surface area contributed by atoms with Crippen molar-refractivity contribution in [3.05, 3.63) is 51.2 Å². The number of carbonyl (C=O) groups is 1. The van der Waals surface area contributed by atoms with Gasteiger partial charge in [-0.2, -0.15) is 4.98 Å². The SMILES string of the molecule is Cn1c(=O)n(CC(=O)O)c(=O)c2c1nc1n2CCN1c1ccccc1. The van der Waals surface area contributed by atoms with Crippen molar-refractivity contribution < 1.29 is 9.90 Å². The Kier molecular flexibility index (Phi) is 3.24. The number of rotatable bonds is 3. The minimum atomic E-state index is -1.24. The van der Waals surface area contributed by atoms with Crippen molar-refractivity contribution in [1.29, 1.82) is 0 Å². The van der Waals surface area contributed by atoms with Crippen molar-refractivity contribution >= 4 is 28.8 Å². The fourth-order valence-corrected chi connectivity index (χ4v) is 3.21. The summed E-state index contributed by atoms with van der Waals surface area (Å²) in [4.78, 5) is 42.5. The Labute approximate surface area is 141 Å². The van der Waals surface area contributed by atoms with Gasteiger partial charge in [-0.3, -0.25) is 14.2 Å². The molecule has 1 aliphatic heterocycles. The van der Waals surface area contributed by atoms with Gasteiger partial charge in [0.1, 0.15) is 6.54 Å². The second-order valence-electron chi connectivity index (χ2n) is 5.85. The maximum absolute atomic E-state index is 12.7. The van der Waals surface area contributed by atoms with Crippen molar-refractivity contribution in [2.24, 2.45) is 7.05 Å². The Balaban J connectivity index is 1.98. The molecule has 0 unspecified atom stereocenters. The molecule has 2 aromatic heterocycles. The predicted molar refractivity (Wildman–Crippen MR) is 90.3 cm³/mol. The summed E-state index contributed by atoms with van der Waals surface area (Å²) in [7, 11) is 1.48. The molecule has 1 aliphatic rings. The number of fused-ring (bicyclic) bond motifs is 3. The van der Waals surface area contributed by atoms with Gasteiger partial charge in [-0.1, -0.05) is 18.2 Å². The first-order valence-electron chi connectivity index (χ1n) is 7.73. The number of carboxylic acid groups (broad SMARTS) is 1. The first-order valence-corrected chi connectivity index (χ1v) is 7.73. The van der Waals surface area contributed by atoms with E-state index in [0.29, 0.717) is 19.0 Å². The van der Waals surface area contributed by atoms with Crippen molar-refractivity contribution in [1.82, 2.24) is 18.7 Å². The number of hydrogen-bond acceptors (Lipinski definition) is 5. The molecule has 9 heteroatoms. The summed E-state index contributed by atoms with van der Waals surface area (Å²) < 4.78 is 3.68. The van der Waals surface area contributed by atoms with E-state index in [1.807, 2.05) is 35.2 Å². The number of aryl methyl sites for hydroxylation is 1. The molecule has 1 N–H and O–H groups in total. The molecule has 0 radical (unpaired) electrons. The zero-order valence-corrected chi connectivity index (χ0v) is 13.4. The zero-order valence-electron chi connectivity index (χ0n) is 13.4. The molecule has 128 valence electrons. The lowest BCUT2D eigenvalue weighted by Crippen LogP contribution is -2.41. The minimum absolute atomic E-state index is 0.247. The van der Waals surface area contributed by atoms with E-state index in [2.05, 4.69) is 4.98 Å². The molecule has 0 aliphatic carbocycles. The normalized spacial score (nSPS) is 13.4. The third-order valence-corrected chi connectivity index (χ3v) is 4.36. The van der Waals surface area contributed by atoms with Crippen LogP contribution in [-0.2, 0) is 24.9 Å². The average molecular weight is 341 g/mol. The van der Waals surface area contributed by atoms with Crippen LogP contribution in [0.25, 0.3) is 11.2 Å². The van der Waals surface area contributed by atoms with Gasteiger partial charge in [0.25, 0.3) is 5.56 Å². The number of hydrogen-bond donors (Lipinski definition) is 1. The van der Waals surface area contributed by atoms with Crippen LogP contribution in [0.3, 0.4) is 0 Å². The molecule has 3 aromatic rings. The van der Waals surface area contributed by atoms with Crippen LogP contribution in [0, 0.1) is 0 Å². The van der Waals surface area contributed by atoms with Gasteiger partial charge in [0, 0.05) is 25.8 Å². The third-order valence-electron chi connectivity index (χ3n) is 4.36. The lowest BCUT2D eigenvalue weighted by atomic mass is 10.3. The highest BCUT2D eigenvalue weighted by Crippen LogP contribution is 2.31. The molecule has 0 bridgehead atoms. The fourth-order valence-electron chi connectivity index (χ4n) is 3.21. The van der Waals surface area contributed by atoms with E-state index >= 15 is 0 Å². The van der Waals surface area contributed by atoms with E-state index < -0.39 is 23.8 Å². The second kappa shape index (κ2) is 5.33. The van der Waals surface area contributed by atoms with Gasteiger partial charge >= 0.3 is 11.7 Å². The Morgan fingerprint density at radius 1 is 1.20 bits per heavy atom. The molecule has 25 heavy (non-hydrogen) atoms. The molecule has 0 saturated heterocycles. The monoisotopic (exact) mass is 341 g/mol. The Bertz CT molecular complexity index is 1110. The van der Waals surface area contributed by atoms with E-state index in [4.69, 9.17) is 5.11 Å². The van der Waals surface area contributed by atoms with Gasteiger partial charge in [0.2, 0.25) is 5.95 Å². The third kappa shape index (κ3) is 2.16. The van der Waals surface area contributed by atoms with Crippen molar-refractivity contribution in [3.8, 4) is 0 Å². The summed E-state index contributed by atoms with van der Waals surface area (Å²) >= 11 is 0. The molecule has 0 saturated carbocycles. The van der Waals surface area contributed by atoms with Crippen LogP contribution in [-0.4, -0.2) is 36.3 Å². The number of benzene rings is 1. The van der Waals surface area contributed by atoms with E-state index in [0.717, 1.165) is 10.3 Å². The topological polar surface area (TPSA) is 102 Å². The van der Waals surface area contributed by atoms with Gasteiger partial charge in [-0.05, 0) is 12.1 Å². The number of nitrogens with zero attached hydrogens (tertiary/aromatic N) is 5. The van der Waals surface area contributed by atoms with Gasteiger partial charge in [-0.15, -0.1) is 0 Å². The lowest BCUT2D eigenvalue weighted by Gasteiger charge is -2.15. The van der Waals surface area contributed by atoms with E-state index in [9.17, 15) is 14.4 Å². The maximum atomic E-state index is 12.7. The summed E-state index contributed by atoms with van der Waals surface area (Å²) in [6.45, 7) is 0.495.